The Kier molecular flexibility index (Phi) is 5.40. The zero-order chi connectivity index (χ0) is 21.1. The van der Waals surface area contributed by atoms with Crippen LogP contribution in [0.5, 0.6) is 5.75 Å². The number of amides is 1. The number of methoxy groups -OCH3 is 1. The van der Waals surface area contributed by atoms with Crippen LogP contribution in [0.15, 0.2) is 78.9 Å². The molecule has 1 aliphatic rings. The third-order valence-corrected chi connectivity index (χ3v) is 5.97. The van der Waals surface area contributed by atoms with Crippen molar-refractivity contribution in [1.82, 2.24) is 0 Å². The molecule has 0 saturated carbocycles. The number of benzene rings is 3. The Balaban J connectivity index is 1.95. The summed E-state index contributed by atoms with van der Waals surface area (Å²) in [5.41, 5.74) is 2.84. The van der Waals surface area contributed by atoms with Gasteiger partial charge in [0.2, 0.25) is 5.91 Å². The molecule has 30 heavy (non-hydrogen) atoms. The van der Waals surface area contributed by atoms with Gasteiger partial charge in [-0.2, -0.15) is 0 Å². The molecule has 1 N–H and O–H groups in total. The minimum absolute atomic E-state index is 0.0486. The minimum atomic E-state index is -0.893. The number of hydrogen-bond donors (Lipinski definition) is 1. The van der Waals surface area contributed by atoms with Crippen LogP contribution in [0.4, 0.5) is 5.69 Å². The highest BCUT2D eigenvalue weighted by atomic mass is 16.5. The van der Waals surface area contributed by atoms with Gasteiger partial charge in [-0.15, -0.1) is 0 Å². The maximum Gasteiger partial charge on any atom is 0.236 e. The van der Waals surface area contributed by atoms with Crippen LogP contribution in [0, 0.1) is 0 Å². The summed E-state index contributed by atoms with van der Waals surface area (Å²) < 4.78 is 5.43. The maximum atomic E-state index is 13.7. The third kappa shape index (κ3) is 3.50. The molecule has 0 aromatic heterocycles. The van der Waals surface area contributed by atoms with E-state index in [9.17, 15) is 9.59 Å². The van der Waals surface area contributed by atoms with E-state index in [1.165, 1.54) is 0 Å². The lowest BCUT2D eigenvalue weighted by molar-refractivity contribution is -0.122. The molecule has 0 fully saturated rings. The molecule has 3 aromatic rings. The molecule has 1 aliphatic heterocycles. The van der Waals surface area contributed by atoms with Gasteiger partial charge in [0.25, 0.3) is 0 Å². The summed E-state index contributed by atoms with van der Waals surface area (Å²) in [7, 11) is 1.62. The molecule has 3 aromatic carbocycles. The van der Waals surface area contributed by atoms with Crippen LogP contribution in [0.2, 0.25) is 0 Å². The van der Waals surface area contributed by atoms with Crippen molar-refractivity contribution < 1.29 is 14.3 Å². The van der Waals surface area contributed by atoms with Crippen LogP contribution < -0.4 is 10.1 Å². The summed E-state index contributed by atoms with van der Waals surface area (Å²) in [5, 5.41) is 3.08. The number of ether oxygens (including phenoxy) is 1. The van der Waals surface area contributed by atoms with E-state index in [0.717, 1.165) is 22.4 Å². The first-order valence-corrected chi connectivity index (χ1v) is 10.1. The van der Waals surface area contributed by atoms with E-state index in [1.54, 1.807) is 14.0 Å². The van der Waals surface area contributed by atoms with Crippen LogP contribution in [0.3, 0.4) is 0 Å². The number of fused-ring (bicyclic) bond motifs is 1. The van der Waals surface area contributed by atoms with Gasteiger partial charge in [0, 0.05) is 18.0 Å². The van der Waals surface area contributed by atoms with Crippen LogP contribution in [-0.4, -0.2) is 18.8 Å². The predicted molar refractivity (Wildman–Crippen MR) is 118 cm³/mol. The first kappa shape index (κ1) is 19.9. The lowest BCUT2D eigenvalue weighted by Gasteiger charge is -2.36. The molecule has 0 radical (unpaired) electrons. The molecule has 4 nitrogen and oxygen atoms in total. The zero-order valence-electron chi connectivity index (χ0n) is 17.2. The molecule has 152 valence electrons. The fourth-order valence-corrected chi connectivity index (χ4v) is 4.62. The number of ketones is 1. The van der Waals surface area contributed by atoms with Gasteiger partial charge in [-0.1, -0.05) is 60.7 Å². The average molecular weight is 399 g/mol. The van der Waals surface area contributed by atoms with Crippen molar-refractivity contribution in [3.63, 3.8) is 0 Å². The average Bonchev–Trinajstić information content (AvgIpc) is 3.04. The smallest absolute Gasteiger partial charge is 0.236 e. The summed E-state index contributed by atoms with van der Waals surface area (Å²) in [4.78, 5) is 26.0. The molecule has 0 spiro atoms. The molecule has 2 atom stereocenters. The fraction of sp³-hybridized carbons (Fsp3) is 0.231. The lowest BCUT2D eigenvalue weighted by atomic mass is 9.63. The number of rotatable bonds is 7. The van der Waals surface area contributed by atoms with Crippen molar-refractivity contribution in [3.8, 4) is 5.75 Å². The second-order valence-electron chi connectivity index (χ2n) is 7.87. The van der Waals surface area contributed by atoms with E-state index in [-0.39, 0.29) is 24.0 Å². The molecule has 4 heteroatoms. The normalized spacial score (nSPS) is 18.4. The van der Waals surface area contributed by atoms with Crippen molar-refractivity contribution in [3.05, 3.63) is 95.6 Å². The number of anilines is 1. The molecule has 0 unspecified atom stereocenters. The van der Waals surface area contributed by atoms with Gasteiger partial charge in [-0.3, -0.25) is 4.79 Å². The van der Waals surface area contributed by atoms with Crippen LogP contribution in [0.25, 0.3) is 0 Å². The lowest BCUT2D eigenvalue weighted by Crippen LogP contribution is -2.43. The van der Waals surface area contributed by atoms with E-state index in [0.29, 0.717) is 12.2 Å². The van der Waals surface area contributed by atoms with E-state index in [4.69, 9.17) is 4.74 Å². The van der Waals surface area contributed by atoms with Gasteiger partial charge in [0.05, 0.1) is 12.5 Å². The van der Waals surface area contributed by atoms with E-state index in [2.05, 4.69) is 5.32 Å². The molecule has 0 saturated heterocycles. The van der Waals surface area contributed by atoms with Crippen molar-refractivity contribution >= 4 is 17.4 Å². The minimum Gasteiger partial charge on any atom is -0.497 e. The van der Waals surface area contributed by atoms with Crippen LogP contribution in [0.1, 0.15) is 36.0 Å². The third-order valence-electron chi connectivity index (χ3n) is 5.97. The van der Waals surface area contributed by atoms with Gasteiger partial charge >= 0.3 is 0 Å². The monoisotopic (exact) mass is 399 g/mol. The maximum absolute atomic E-state index is 13.7. The number of hydrogen-bond acceptors (Lipinski definition) is 3. The van der Waals surface area contributed by atoms with Crippen LogP contribution >= 0.6 is 0 Å². The largest absolute Gasteiger partial charge is 0.497 e. The Morgan fingerprint density at radius 3 is 2.47 bits per heavy atom. The van der Waals surface area contributed by atoms with Gasteiger partial charge in [0.15, 0.2) is 0 Å². The summed E-state index contributed by atoms with van der Waals surface area (Å²) in [5.74, 6) is 0.366. The molecular formula is C26H25NO3. The molecule has 1 heterocycles. The summed E-state index contributed by atoms with van der Waals surface area (Å²) in [6.45, 7) is 1.59. The predicted octanol–water partition coefficient (Wildman–Crippen LogP) is 4.89. The first-order chi connectivity index (χ1) is 14.5. The quantitative estimate of drug-likeness (QED) is 0.615. The summed E-state index contributed by atoms with van der Waals surface area (Å²) >= 11 is 0. The second-order valence-corrected chi connectivity index (χ2v) is 7.87. The number of carbonyl (C=O) groups is 2. The topological polar surface area (TPSA) is 55.4 Å². The molecular weight excluding hydrogens is 374 g/mol. The highest BCUT2D eigenvalue weighted by Gasteiger charge is 2.52. The SMILES string of the molecule is COc1cccc([C@H](CC(C)=O)[C@]2(Cc3ccccc3)C(=O)Nc3ccccc32)c1. The standard InChI is InChI=1S/C26H25NO3/c1-18(28)15-23(20-11-8-12-21(16-20)30-2)26(17-19-9-4-3-5-10-19)22-13-6-7-14-24(22)27-25(26)29/h3-14,16,23H,15,17H2,1-2H3,(H,27,29)/t23-,26+/m0/s1. The highest BCUT2D eigenvalue weighted by molar-refractivity contribution is 6.07. The van der Waals surface area contributed by atoms with Gasteiger partial charge in [-0.25, -0.2) is 0 Å². The Labute approximate surface area is 176 Å². The first-order valence-electron chi connectivity index (χ1n) is 10.1. The Hall–Kier alpha value is -3.40. The van der Waals surface area contributed by atoms with Crippen molar-refractivity contribution in [2.45, 2.75) is 31.1 Å². The zero-order valence-corrected chi connectivity index (χ0v) is 17.2. The number of para-hydroxylation sites is 1. The number of Topliss-reactive ketones (excluding diaryl/α,β-unsaturated/α-hetero) is 1. The molecule has 4 rings (SSSR count). The molecule has 0 aliphatic carbocycles. The van der Waals surface area contributed by atoms with Crippen molar-refractivity contribution in [2.24, 2.45) is 0 Å². The van der Waals surface area contributed by atoms with E-state index < -0.39 is 5.41 Å². The Morgan fingerprint density at radius 1 is 1.00 bits per heavy atom. The van der Waals surface area contributed by atoms with E-state index >= 15 is 0 Å². The van der Waals surface area contributed by atoms with Gasteiger partial charge in [0.1, 0.15) is 11.5 Å². The van der Waals surface area contributed by atoms with Crippen LogP contribution in [-0.2, 0) is 21.4 Å². The van der Waals surface area contributed by atoms with Gasteiger partial charge < -0.3 is 14.8 Å². The highest BCUT2D eigenvalue weighted by Crippen LogP contribution is 2.51. The van der Waals surface area contributed by atoms with Gasteiger partial charge in [-0.05, 0) is 48.2 Å². The van der Waals surface area contributed by atoms with Crippen molar-refractivity contribution in [1.29, 1.82) is 0 Å². The summed E-state index contributed by atoms with van der Waals surface area (Å²) in [6, 6.07) is 25.5. The fourth-order valence-electron chi connectivity index (χ4n) is 4.62. The number of nitrogens with one attached hydrogen (secondary N) is 1. The molecule has 1 amide bonds. The number of carbonyl (C=O) groups excluding carboxylic acids is 2. The van der Waals surface area contributed by atoms with E-state index in [1.807, 2.05) is 78.9 Å². The van der Waals surface area contributed by atoms with Crippen molar-refractivity contribution in [2.75, 3.05) is 12.4 Å². The second kappa shape index (κ2) is 8.15. The summed E-state index contributed by atoms with van der Waals surface area (Å²) in [6.07, 6.45) is 0.771. The Bertz CT molecular complexity index is 1080. The molecule has 0 bridgehead atoms. The Morgan fingerprint density at radius 2 is 1.73 bits per heavy atom.